The molecule has 1 aromatic carbocycles. The highest BCUT2D eigenvalue weighted by atomic mass is 15.1. The fourth-order valence-corrected chi connectivity index (χ4v) is 2.75. The van der Waals surface area contributed by atoms with Crippen molar-refractivity contribution in [1.29, 1.82) is 0 Å². The minimum atomic E-state index is 0.464. The van der Waals surface area contributed by atoms with Crippen LogP contribution in [-0.4, -0.2) is 16.1 Å². The second-order valence-electron chi connectivity index (χ2n) is 5.47. The van der Waals surface area contributed by atoms with E-state index >= 15 is 0 Å². The second-order valence-corrected chi connectivity index (χ2v) is 5.47. The van der Waals surface area contributed by atoms with Gasteiger partial charge in [-0.15, -0.1) is 0 Å². The molecule has 1 N–H and O–H groups in total. The highest BCUT2D eigenvalue weighted by molar-refractivity contribution is 5.27. The molecule has 0 aliphatic heterocycles. The number of benzene rings is 1. The molecule has 1 aromatic heterocycles. The Morgan fingerprint density at radius 3 is 2.52 bits per heavy atom. The standard InChI is InChI=1S/C18H27N3/c1-4-12-21-13-11-20-18(21)14-15-7-9-16(10-8-15)17(5-2)19-6-3/h7-11,13,17,19H,4-6,12,14H2,1-3H3. The van der Waals surface area contributed by atoms with Gasteiger partial charge in [-0.1, -0.05) is 45.0 Å². The lowest BCUT2D eigenvalue weighted by atomic mass is 10.0. The molecule has 0 fully saturated rings. The quantitative estimate of drug-likeness (QED) is 0.796. The van der Waals surface area contributed by atoms with Gasteiger partial charge in [0.05, 0.1) is 0 Å². The zero-order valence-corrected chi connectivity index (χ0v) is 13.5. The Kier molecular flexibility index (Phi) is 6.00. The first-order valence-corrected chi connectivity index (χ1v) is 8.10. The first kappa shape index (κ1) is 15.8. The summed E-state index contributed by atoms with van der Waals surface area (Å²) in [5, 5.41) is 3.52. The van der Waals surface area contributed by atoms with E-state index in [0.29, 0.717) is 6.04 Å². The summed E-state index contributed by atoms with van der Waals surface area (Å²) < 4.78 is 2.25. The van der Waals surface area contributed by atoms with Gasteiger partial charge in [-0.3, -0.25) is 0 Å². The molecule has 3 heteroatoms. The smallest absolute Gasteiger partial charge is 0.113 e. The van der Waals surface area contributed by atoms with Crippen LogP contribution >= 0.6 is 0 Å². The summed E-state index contributed by atoms with van der Waals surface area (Å²) in [6.45, 7) is 8.64. The minimum Gasteiger partial charge on any atom is -0.335 e. The molecule has 2 aromatic rings. The number of aryl methyl sites for hydroxylation is 1. The fraction of sp³-hybridized carbons (Fsp3) is 0.500. The Labute approximate surface area is 128 Å². The Morgan fingerprint density at radius 1 is 1.14 bits per heavy atom. The highest BCUT2D eigenvalue weighted by Crippen LogP contribution is 2.18. The van der Waals surface area contributed by atoms with E-state index < -0.39 is 0 Å². The number of hydrogen-bond acceptors (Lipinski definition) is 2. The van der Waals surface area contributed by atoms with Crippen molar-refractivity contribution < 1.29 is 0 Å². The van der Waals surface area contributed by atoms with Crippen LogP contribution in [0, 0.1) is 0 Å². The summed E-state index contributed by atoms with van der Waals surface area (Å²) >= 11 is 0. The summed E-state index contributed by atoms with van der Waals surface area (Å²) in [6.07, 6.45) is 7.14. The SMILES string of the molecule is CCCn1ccnc1Cc1ccc(C(CC)NCC)cc1. The molecule has 0 amide bonds. The Hall–Kier alpha value is -1.61. The molecule has 0 saturated carbocycles. The van der Waals surface area contributed by atoms with Crippen LogP contribution in [0.2, 0.25) is 0 Å². The molecule has 0 radical (unpaired) electrons. The number of imidazole rings is 1. The van der Waals surface area contributed by atoms with E-state index in [1.807, 2.05) is 6.20 Å². The van der Waals surface area contributed by atoms with Gasteiger partial charge in [0.1, 0.15) is 5.82 Å². The van der Waals surface area contributed by atoms with Crippen molar-refractivity contribution in [1.82, 2.24) is 14.9 Å². The molecular formula is C18H27N3. The molecule has 2 rings (SSSR count). The zero-order chi connectivity index (χ0) is 15.1. The second kappa shape index (κ2) is 7.99. The molecule has 3 nitrogen and oxygen atoms in total. The average molecular weight is 285 g/mol. The monoisotopic (exact) mass is 285 g/mol. The van der Waals surface area contributed by atoms with Gasteiger partial charge >= 0.3 is 0 Å². The average Bonchev–Trinajstić information content (AvgIpc) is 2.93. The van der Waals surface area contributed by atoms with Gasteiger partial charge in [-0.05, 0) is 30.5 Å². The Balaban J connectivity index is 2.06. The van der Waals surface area contributed by atoms with E-state index in [4.69, 9.17) is 0 Å². The Morgan fingerprint density at radius 2 is 1.90 bits per heavy atom. The van der Waals surface area contributed by atoms with E-state index in [-0.39, 0.29) is 0 Å². The van der Waals surface area contributed by atoms with Crippen molar-refractivity contribution >= 4 is 0 Å². The Bertz CT molecular complexity index is 528. The van der Waals surface area contributed by atoms with Gasteiger partial charge < -0.3 is 9.88 Å². The third kappa shape index (κ3) is 4.18. The maximum absolute atomic E-state index is 4.48. The minimum absolute atomic E-state index is 0.464. The number of aromatic nitrogens is 2. The molecule has 1 unspecified atom stereocenters. The third-order valence-corrected chi connectivity index (χ3v) is 3.87. The predicted octanol–water partition coefficient (Wildman–Crippen LogP) is 3.94. The molecule has 0 saturated heterocycles. The lowest BCUT2D eigenvalue weighted by Crippen LogP contribution is -2.19. The molecule has 1 heterocycles. The van der Waals surface area contributed by atoms with Crippen molar-refractivity contribution in [2.24, 2.45) is 0 Å². The van der Waals surface area contributed by atoms with Crippen LogP contribution in [0.1, 0.15) is 56.6 Å². The number of nitrogens with zero attached hydrogens (tertiary/aromatic N) is 2. The molecular weight excluding hydrogens is 258 g/mol. The summed E-state index contributed by atoms with van der Waals surface area (Å²) in [4.78, 5) is 4.48. The largest absolute Gasteiger partial charge is 0.335 e. The maximum atomic E-state index is 4.48. The molecule has 21 heavy (non-hydrogen) atoms. The summed E-state index contributed by atoms with van der Waals surface area (Å²) in [7, 11) is 0. The molecule has 114 valence electrons. The summed E-state index contributed by atoms with van der Waals surface area (Å²) in [5.74, 6) is 1.16. The molecule has 0 aliphatic rings. The van der Waals surface area contributed by atoms with Gasteiger partial charge in [-0.25, -0.2) is 4.98 Å². The predicted molar refractivity (Wildman–Crippen MR) is 88.5 cm³/mol. The molecule has 0 aliphatic carbocycles. The number of hydrogen-bond donors (Lipinski definition) is 1. The lowest BCUT2D eigenvalue weighted by molar-refractivity contribution is 0.537. The van der Waals surface area contributed by atoms with Crippen LogP contribution in [0.3, 0.4) is 0 Å². The van der Waals surface area contributed by atoms with E-state index in [0.717, 1.165) is 38.2 Å². The number of rotatable bonds is 8. The fourth-order valence-electron chi connectivity index (χ4n) is 2.75. The van der Waals surface area contributed by atoms with Crippen LogP contribution in [0.5, 0.6) is 0 Å². The molecule has 0 bridgehead atoms. The van der Waals surface area contributed by atoms with Crippen LogP contribution in [0.4, 0.5) is 0 Å². The molecule has 0 spiro atoms. The normalized spacial score (nSPS) is 12.5. The van der Waals surface area contributed by atoms with Crippen molar-refractivity contribution in [3.8, 4) is 0 Å². The first-order chi connectivity index (χ1) is 10.3. The van der Waals surface area contributed by atoms with Gasteiger partial charge in [0.2, 0.25) is 0 Å². The van der Waals surface area contributed by atoms with Crippen molar-refractivity contribution in [2.75, 3.05) is 6.54 Å². The number of nitrogens with one attached hydrogen (secondary N) is 1. The lowest BCUT2D eigenvalue weighted by Gasteiger charge is -2.16. The van der Waals surface area contributed by atoms with Gasteiger partial charge in [-0.2, -0.15) is 0 Å². The topological polar surface area (TPSA) is 29.9 Å². The van der Waals surface area contributed by atoms with Crippen LogP contribution in [0.15, 0.2) is 36.7 Å². The van der Waals surface area contributed by atoms with Crippen molar-refractivity contribution in [3.63, 3.8) is 0 Å². The van der Waals surface area contributed by atoms with Gasteiger partial charge in [0.25, 0.3) is 0 Å². The van der Waals surface area contributed by atoms with E-state index in [1.165, 1.54) is 11.1 Å². The van der Waals surface area contributed by atoms with Gasteiger partial charge in [0.15, 0.2) is 0 Å². The third-order valence-electron chi connectivity index (χ3n) is 3.87. The van der Waals surface area contributed by atoms with Crippen LogP contribution in [-0.2, 0) is 13.0 Å². The van der Waals surface area contributed by atoms with E-state index in [2.05, 4.69) is 66.1 Å². The maximum Gasteiger partial charge on any atom is 0.113 e. The van der Waals surface area contributed by atoms with Crippen LogP contribution in [0.25, 0.3) is 0 Å². The summed E-state index contributed by atoms with van der Waals surface area (Å²) in [5.41, 5.74) is 2.70. The van der Waals surface area contributed by atoms with Gasteiger partial charge in [0, 0.05) is 31.4 Å². The first-order valence-electron chi connectivity index (χ1n) is 8.10. The molecule has 1 atom stereocenters. The van der Waals surface area contributed by atoms with E-state index in [1.54, 1.807) is 0 Å². The zero-order valence-electron chi connectivity index (χ0n) is 13.5. The summed E-state index contributed by atoms with van der Waals surface area (Å²) in [6, 6.07) is 9.44. The highest BCUT2D eigenvalue weighted by Gasteiger charge is 2.08. The van der Waals surface area contributed by atoms with E-state index in [9.17, 15) is 0 Å². The van der Waals surface area contributed by atoms with Crippen LogP contribution < -0.4 is 5.32 Å². The van der Waals surface area contributed by atoms with Crippen molar-refractivity contribution in [3.05, 3.63) is 53.6 Å². The van der Waals surface area contributed by atoms with Crippen molar-refractivity contribution in [2.45, 2.75) is 52.6 Å².